The van der Waals surface area contributed by atoms with Crippen molar-refractivity contribution in [2.24, 2.45) is 5.41 Å². The summed E-state index contributed by atoms with van der Waals surface area (Å²) >= 11 is 0. The number of nitrogens with zero attached hydrogens (tertiary/aromatic N) is 3. The van der Waals surface area contributed by atoms with Gasteiger partial charge in [-0.2, -0.15) is 0 Å². The third kappa shape index (κ3) is 9.54. The van der Waals surface area contributed by atoms with Crippen molar-refractivity contribution in [1.82, 2.24) is 15.0 Å². The van der Waals surface area contributed by atoms with Crippen molar-refractivity contribution in [3.8, 4) is 33.8 Å². The number of pyridine rings is 3. The van der Waals surface area contributed by atoms with Crippen LogP contribution in [0.25, 0.3) is 55.7 Å². The number of halogens is 1. The van der Waals surface area contributed by atoms with Gasteiger partial charge in [-0.25, -0.2) is 4.39 Å². The number of para-hydroxylation sites is 1. The van der Waals surface area contributed by atoms with Crippen LogP contribution < -0.4 is 0 Å². The van der Waals surface area contributed by atoms with E-state index in [1.807, 2.05) is 0 Å². The highest BCUT2D eigenvalue weighted by Gasteiger charge is 2.22. The lowest BCUT2D eigenvalue weighted by Crippen LogP contribution is -2.10. The summed E-state index contributed by atoms with van der Waals surface area (Å²) in [5.74, 6) is -1.10. The lowest BCUT2D eigenvalue weighted by Gasteiger charge is -2.18. The summed E-state index contributed by atoms with van der Waals surface area (Å²) in [5, 5.41) is 0.610. The Morgan fingerprint density at radius 3 is 1.63 bits per heavy atom. The zero-order chi connectivity index (χ0) is 61.9. The minimum Gasteiger partial charge on any atom is -0.455 e. The molecule has 0 saturated heterocycles. The molecule has 4 heterocycles. The Morgan fingerprint density at radius 2 is 1.10 bits per heavy atom. The summed E-state index contributed by atoms with van der Waals surface area (Å²) in [6, 6.07) is 28.9. The van der Waals surface area contributed by atoms with Crippen LogP contribution in [0.15, 0.2) is 156 Å². The van der Waals surface area contributed by atoms with Crippen molar-refractivity contribution in [3.63, 3.8) is 0 Å². The minimum atomic E-state index is -3.52. The first kappa shape index (κ1) is 23.6. The molecule has 5 aromatic carbocycles. The fourth-order valence-corrected chi connectivity index (χ4v) is 7.00. The molecule has 5 heteroatoms. The predicted octanol–water partition coefficient (Wildman–Crippen LogP) is 14.5. The van der Waals surface area contributed by atoms with Gasteiger partial charge in [0.2, 0.25) is 0 Å². The molecule has 0 fully saturated rings. The van der Waals surface area contributed by atoms with E-state index in [-0.39, 0.29) is 39.2 Å². The molecule has 9 rings (SSSR count). The molecule has 0 unspecified atom stereocenters. The number of rotatable bonds is 13. The molecule has 4 aromatic heterocycles. The van der Waals surface area contributed by atoms with Crippen molar-refractivity contribution in [2.75, 3.05) is 0 Å². The van der Waals surface area contributed by atoms with Crippen LogP contribution in [0.4, 0.5) is 4.39 Å². The van der Waals surface area contributed by atoms with Gasteiger partial charge in [-0.15, -0.1) is 0 Å². The van der Waals surface area contributed by atoms with E-state index in [2.05, 4.69) is 15.0 Å². The molecule has 314 valence electrons. The zero-order valence-electron chi connectivity index (χ0n) is 55.5. The second-order valence-corrected chi connectivity index (χ2v) is 15.8. The zero-order valence-corrected chi connectivity index (χ0v) is 34.5. The van der Waals surface area contributed by atoms with Gasteiger partial charge < -0.3 is 4.42 Å². The Morgan fingerprint density at radius 1 is 0.556 bits per heavy atom. The van der Waals surface area contributed by atoms with E-state index in [1.165, 1.54) is 18.2 Å². The molecular formula is C58H54FN3O. The molecule has 9 aromatic rings. The summed E-state index contributed by atoms with van der Waals surface area (Å²) in [4.78, 5) is 13.1. The fraction of sp³-hybridized carbons (Fsp3) is 0.224. The molecule has 0 atom stereocenters. The number of benzene rings is 5. The SMILES string of the molecule is [2H]c1cc2c(oc3c(-c4ccc(C([2H])([2H])C([2H])([2H])c5cc(C([2H])([2H])C([2H])([2H])c6cnc(-c7ccccc7)cc6C([2H])([2H])[2H])cc(C([2H])([2H])C([2H])([2H])c6cnc(-c7ccccc7)cc6C([2H])([2H])[2H])c5)cn4)cccc32)c(C([2H])([2H])C(C)(C)C)c1F. The highest BCUT2D eigenvalue weighted by atomic mass is 19.1. The smallest absolute Gasteiger partial charge is 0.144 e. The van der Waals surface area contributed by atoms with E-state index in [4.69, 9.17) is 16.8 Å². The fourth-order valence-electron chi connectivity index (χ4n) is 7.00. The van der Waals surface area contributed by atoms with Crippen LogP contribution in [-0.2, 0) is 44.6 Å². The lowest BCUT2D eigenvalue weighted by molar-refractivity contribution is 0.401. The molecule has 0 aliphatic rings. The maximum absolute atomic E-state index is 15.8. The Balaban J connectivity index is 1.20. The Kier molecular flexibility index (Phi) is 6.73. The Bertz CT molecular complexity index is 3840. The van der Waals surface area contributed by atoms with Gasteiger partial charge in [0.05, 0.1) is 18.5 Å². The molecular weight excluding hydrogens is 774 g/mol. The topological polar surface area (TPSA) is 51.8 Å². The van der Waals surface area contributed by atoms with Crippen molar-refractivity contribution >= 4 is 21.9 Å². The first-order chi connectivity index (χ1) is 38.7. The standard InChI is InChI=1S/C58H54FN3O/c1-38-29-54(44-13-8-6-9-14-44)61-36-46(38)24-21-42-31-41(32-43(33-42)22-25-47-37-62-55(30-39(47)2)45-15-10-7-11-16-45)20-19-40-23-28-53(60-35-40)50-18-12-17-48-49-26-27-52(59)51(34-58(3,4)5)57(49)63-56(48)50/h6-18,23,26-33,35-37H,19-22,24-25,34H2,1-5H3/i1D3,2D3,19D2,20D2,21D2,22D2,24D2,25D2,27D,34D2. The maximum atomic E-state index is 15.8. The van der Waals surface area contributed by atoms with Crippen molar-refractivity contribution in [1.29, 1.82) is 0 Å². The average molecular weight is 849 g/mol. The van der Waals surface area contributed by atoms with E-state index in [0.717, 1.165) is 42.9 Å². The lowest BCUT2D eigenvalue weighted by atomic mass is 9.87. The van der Waals surface area contributed by atoms with Crippen molar-refractivity contribution < 1.29 is 37.6 Å². The number of furan rings is 1. The van der Waals surface area contributed by atoms with Crippen LogP contribution >= 0.6 is 0 Å². The van der Waals surface area contributed by atoms with Gasteiger partial charge in [-0.05, 0) is 145 Å². The minimum absolute atomic E-state index is 0.102. The van der Waals surface area contributed by atoms with Gasteiger partial charge in [0.15, 0.2) is 0 Å². The molecule has 0 saturated carbocycles. The van der Waals surface area contributed by atoms with E-state index < -0.39 is 126 Å². The summed E-state index contributed by atoms with van der Waals surface area (Å²) in [6.45, 7) is -1.45. The molecule has 63 heavy (non-hydrogen) atoms. The monoisotopic (exact) mass is 849 g/mol. The second kappa shape index (κ2) is 17.9. The molecule has 0 amide bonds. The van der Waals surface area contributed by atoms with E-state index in [0.29, 0.717) is 22.6 Å². The average Bonchev–Trinajstić information content (AvgIpc) is 2.82. The molecule has 0 aliphatic carbocycles. The molecule has 0 spiro atoms. The number of aryl methyl sites for hydroxylation is 8. The van der Waals surface area contributed by atoms with Gasteiger partial charge in [0.25, 0.3) is 0 Å². The largest absolute Gasteiger partial charge is 0.455 e. The summed E-state index contributed by atoms with van der Waals surface area (Å²) < 4.78 is 213. The van der Waals surface area contributed by atoms with Crippen molar-refractivity contribution in [2.45, 2.75) is 79.1 Å². The first-order valence-electron chi connectivity index (χ1n) is 30.6. The molecule has 0 bridgehead atoms. The van der Waals surface area contributed by atoms with Crippen LogP contribution in [0.2, 0.25) is 0 Å². The van der Waals surface area contributed by atoms with E-state index in [1.54, 1.807) is 99.6 Å². The van der Waals surface area contributed by atoms with Gasteiger partial charge >= 0.3 is 0 Å². The molecule has 0 aliphatic heterocycles. The number of hydrogen-bond donors (Lipinski definition) is 0. The number of fused-ring (bicyclic) bond motifs is 3. The summed E-state index contributed by atoms with van der Waals surface area (Å²) in [7, 11) is 0. The molecule has 0 radical (unpaired) electrons. The Labute approximate surface area is 400 Å². The van der Waals surface area contributed by atoms with Gasteiger partial charge in [-0.3, -0.25) is 15.0 Å². The summed E-state index contributed by atoms with van der Waals surface area (Å²) in [5.41, 5.74) is -6.13. The first-order valence-corrected chi connectivity index (χ1v) is 20.1. The van der Waals surface area contributed by atoms with Crippen LogP contribution in [-0.4, -0.2) is 15.0 Å². The normalized spacial score (nSPS) is 18.7. The highest BCUT2D eigenvalue weighted by Crippen LogP contribution is 2.39. The van der Waals surface area contributed by atoms with Crippen LogP contribution in [0.3, 0.4) is 0 Å². The third-order valence-electron chi connectivity index (χ3n) is 10.00. The van der Waals surface area contributed by atoms with Crippen LogP contribution in [0.1, 0.15) is 99.6 Å². The van der Waals surface area contributed by atoms with E-state index in [9.17, 15) is 16.4 Å². The maximum Gasteiger partial charge on any atom is 0.144 e. The van der Waals surface area contributed by atoms with Crippen LogP contribution in [0.5, 0.6) is 0 Å². The molecule has 0 N–H and O–H groups in total. The van der Waals surface area contributed by atoms with Crippen molar-refractivity contribution in [3.05, 3.63) is 208 Å². The quantitative estimate of drug-likeness (QED) is 0.116. The second-order valence-electron chi connectivity index (χ2n) is 15.8. The number of hydrogen-bond acceptors (Lipinski definition) is 4. The van der Waals surface area contributed by atoms with Gasteiger partial charge in [-0.1, -0.05) is 118 Å². The third-order valence-corrected chi connectivity index (χ3v) is 10.00. The van der Waals surface area contributed by atoms with Crippen LogP contribution in [0, 0.1) is 24.9 Å². The summed E-state index contributed by atoms with van der Waals surface area (Å²) in [6.07, 6.45) is -20.2. The van der Waals surface area contributed by atoms with E-state index >= 15 is 4.39 Å². The predicted molar refractivity (Wildman–Crippen MR) is 258 cm³/mol. The number of aromatic nitrogens is 3. The highest BCUT2D eigenvalue weighted by molar-refractivity contribution is 6.10. The molecule has 4 nitrogen and oxygen atoms in total. The van der Waals surface area contributed by atoms with Gasteiger partial charge in [0, 0.05) is 79.0 Å². The van der Waals surface area contributed by atoms with Gasteiger partial charge in [0.1, 0.15) is 17.0 Å². The Hall–Kier alpha value is -6.72.